The van der Waals surface area contributed by atoms with Gasteiger partial charge in [0.05, 0.1) is 6.07 Å². The summed E-state index contributed by atoms with van der Waals surface area (Å²) in [6, 6.07) is 15.8. The zero-order valence-corrected chi connectivity index (χ0v) is 12.2. The minimum absolute atomic E-state index is 0.499. The summed E-state index contributed by atoms with van der Waals surface area (Å²) in [6.45, 7) is 1.34. The van der Waals surface area contributed by atoms with E-state index in [-0.39, 0.29) is 0 Å². The second kappa shape index (κ2) is 6.98. The molecule has 0 aliphatic carbocycles. The molecule has 108 valence electrons. The van der Waals surface area contributed by atoms with Crippen molar-refractivity contribution in [2.45, 2.75) is 12.0 Å². The summed E-state index contributed by atoms with van der Waals surface area (Å²) >= 11 is 0. The van der Waals surface area contributed by atoms with Gasteiger partial charge in [0.1, 0.15) is 5.54 Å². The number of pyridine rings is 1. The first-order valence-corrected chi connectivity index (χ1v) is 6.97. The zero-order valence-electron chi connectivity index (χ0n) is 12.2. The van der Waals surface area contributed by atoms with Gasteiger partial charge in [-0.25, -0.2) is 0 Å². The first-order valence-electron chi connectivity index (χ1n) is 6.97. The molecular weight excluding hydrogens is 260 g/mol. The Labute approximate surface area is 125 Å². The van der Waals surface area contributed by atoms with Crippen molar-refractivity contribution in [3.8, 4) is 6.07 Å². The Bertz CT molecular complexity index is 591. The lowest BCUT2D eigenvalue weighted by Gasteiger charge is -2.28. The van der Waals surface area contributed by atoms with Gasteiger partial charge in [-0.2, -0.15) is 5.26 Å². The highest BCUT2D eigenvalue weighted by molar-refractivity contribution is 5.31. The van der Waals surface area contributed by atoms with E-state index in [0.29, 0.717) is 6.54 Å². The van der Waals surface area contributed by atoms with Crippen LogP contribution in [0.2, 0.25) is 0 Å². The molecule has 0 bridgehead atoms. The van der Waals surface area contributed by atoms with E-state index in [0.717, 1.165) is 18.5 Å². The Morgan fingerprint density at radius 3 is 2.48 bits per heavy atom. The maximum Gasteiger partial charge on any atom is 0.142 e. The summed E-state index contributed by atoms with van der Waals surface area (Å²) in [5.41, 5.74) is 7.38. The fourth-order valence-electron chi connectivity index (χ4n) is 2.30. The number of rotatable bonds is 6. The van der Waals surface area contributed by atoms with Crippen molar-refractivity contribution < 1.29 is 0 Å². The van der Waals surface area contributed by atoms with E-state index in [2.05, 4.69) is 16.0 Å². The minimum Gasteiger partial charge on any atom is -0.309 e. The second-order valence-corrected chi connectivity index (χ2v) is 5.29. The fourth-order valence-corrected chi connectivity index (χ4v) is 2.30. The van der Waals surface area contributed by atoms with E-state index in [1.165, 1.54) is 5.56 Å². The van der Waals surface area contributed by atoms with Gasteiger partial charge in [0, 0.05) is 25.5 Å². The van der Waals surface area contributed by atoms with Gasteiger partial charge >= 0.3 is 0 Å². The monoisotopic (exact) mass is 280 g/mol. The van der Waals surface area contributed by atoms with E-state index < -0.39 is 5.54 Å². The van der Waals surface area contributed by atoms with Crippen LogP contribution in [0.25, 0.3) is 0 Å². The van der Waals surface area contributed by atoms with E-state index in [4.69, 9.17) is 5.73 Å². The van der Waals surface area contributed by atoms with Gasteiger partial charge in [-0.15, -0.1) is 0 Å². The third-order valence-electron chi connectivity index (χ3n) is 3.54. The number of nitrogens with zero attached hydrogens (tertiary/aromatic N) is 3. The van der Waals surface area contributed by atoms with Crippen LogP contribution in [0.15, 0.2) is 54.9 Å². The van der Waals surface area contributed by atoms with Gasteiger partial charge < -0.3 is 10.6 Å². The van der Waals surface area contributed by atoms with E-state index in [1.807, 2.05) is 49.5 Å². The van der Waals surface area contributed by atoms with Gasteiger partial charge in [0.25, 0.3) is 0 Å². The number of hydrogen-bond donors (Lipinski definition) is 1. The highest BCUT2D eigenvalue weighted by Crippen LogP contribution is 2.18. The lowest BCUT2D eigenvalue weighted by Crippen LogP contribution is -2.46. The number of nitriles is 1. The molecule has 0 spiro atoms. The van der Waals surface area contributed by atoms with Crippen LogP contribution in [0, 0.1) is 11.3 Å². The topological polar surface area (TPSA) is 65.9 Å². The molecule has 1 aromatic carbocycles. The molecule has 1 heterocycles. The lowest BCUT2D eigenvalue weighted by atomic mass is 9.92. The minimum atomic E-state index is -0.978. The molecule has 1 atom stereocenters. The van der Waals surface area contributed by atoms with Crippen LogP contribution < -0.4 is 5.73 Å². The number of aromatic nitrogens is 1. The molecule has 0 amide bonds. The summed E-state index contributed by atoms with van der Waals surface area (Å²) < 4.78 is 0. The Kier molecular flexibility index (Phi) is 5.04. The predicted molar refractivity (Wildman–Crippen MR) is 83.4 cm³/mol. The van der Waals surface area contributed by atoms with Crippen LogP contribution in [-0.4, -0.2) is 30.0 Å². The first-order chi connectivity index (χ1) is 10.1. The average molecular weight is 280 g/mol. The normalized spacial score (nSPS) is 13.6. The van der Waals surface area contributed by atoms with Crippen LogP contribution in [0.3, 0.4) is 0 Å². The SMILES string of the molecule is CN(CCc1ccncc1)CC(N)(C#N)c1ccccc1. The van der Waals surface area contributed by atoms with Crippen molar-refractivity contribution in [1.29, 1.82) is 5.26 Å². The van der Waals surface area contributed by atoms with Gasteiger partial charge in [0.2, 0.25) is 0 Å². The lowest BCUT2D eigenvalue weighted by molar-refractivity contribution is 0.284. The van der Waals surface area contributed by atoms with Gasteiger partial charge in [0.15, 0.2) is 0 Å². The quantitative estimate of drug-likeness (QED) is 0.878. The number of hydrogen-bond acceptors (Lipinski definition) is 4. The molecule has 0 radical (unpaired) electrons. The third kappa shape index (κ3) is 4.12. The molecule has 1 aromatic heterocycles. The molecule has 0 saturated heterocycles. The van der Waals surface area contributed by atoms with Crippen LogP contribution in [0.4, 0.5) is 0 Å². The summed E-state index contributed by atoms with van der Waals surface area (Å²) in [5, 5.41) is 9.46. The molecule has 0 aliphatic heterocycles. The Morgan fingerprint density at radius 1 is 1.19 bits per heavy atom. The van der Waals surface area contributed by atoms with E-state index in [1.54, 1.807) is 12.4 Å². The van der Waals surface area contributed by atoms with Crippen LogP contribution >= 0.6 is 0 Å². The largest absolute Gasteiger partial charge is 0.309 e. The molecule has 2 N–H and O–H groups in total. The van der Waals surface area contributed by atoms with Crippen LogP contribution in [0.5, 0.6) is 0 Å². The highest BCUT2D eigenvalue weighted by atomic mass is 15.1. The maximum absolute atomic E-state index is 9.46. The summed E-state index contributed by atoms with van der Waals surface area (Å²) in [4.78, 5) is 6.10. The van der Waals surface area contributed by atoms with Crippen molar-refractivity contribution in [3.05, 3.63) is 66.0 Å². The molecule has 0 aliphatic rings. The molecule has 2 rings (SSSR count). The Balaban J connectivity index is 1.97. The molecule has 2 aromatic rings. The molecule has 4 nitrogen and oxygen atoms in total. The van der Waals surface area contributed by atoms with E-state index >= 15 is 0 Å². The van der Waals surface area contributed by atoms with Crippen LogP contribution in [0.1, 0.15) is 11.1 Å². The fraction of sp³-hybridized carbons (Fsp3) is 0.294. The smallest absolute Gasteiger partial charge is 0.142 e. The standard InChI is InChI=1S/C17H20N4/c1-21(12-9-15-7-10-20-11-8-15)14-17(19,13-18)16-5-3-2-4-6-16/h2-8,10-11H,9,12,14,19H2,1H3. The van der Waals surface area contributed by atoms with Crippen molar-refractivity contribution in [3.63, 3.8) is 0 Å². The average Bonchev–Trinajstić information content (AvgIpc) is 2.54. The van der Waals surface area contributed by atoms with Gasteiger partial charge in [-0.1, -0.05) is 30.3 Å². The number of nitrogens with two attached hydrogens (primary N) is 1. The summed E-state index contributed by atoms with van der Waals surface area (Å²) in [7, 11) is 1.99. The second-order valence-electron chi connectivity index (χ2n) is 5.29. The van der Waals surface area contributed by atoms with Crippen molar-refractivity contribution >= 4 is 0 Å². The third-order valence-corrected chi connectivity index (χ3v) is 3.54. The van der Waals surface area contributed by atoms with E-state index in [9.17, 15) is 5.26 Å². The predicted octanol–water partition coefficient (Wildman–Crippen LogP) is 1.93. The van der Waals surface area contributed by atoms with Crippen molar-refractivity contribution in [2.75, 3.05) is 20.1 Å². The Hall–Kier alpha value is -2.22. The van der Waals surface area contributed by atoms with Gasteiger partial charge in [-0.3, -0.25) is 4.98 Å². The molecular formula is C17H20N4. The zero-order chi connectivity index (χ0) is 15.1. The van der Waals surface area contributed by atoms with Crippen molar-refractivity contribution in [1.82, 2.24) is 9.88 Å². The molecule has 4 heteroatoms. The highest BCUT2D eigenvalue weighted by Gasteiger charge is 2.28. The first kappa shape index (κ1) is 15.2. The maximum atomic E-state index is 9.46. The molecule has 0 fully saturated rings. The number of benzene rings is 1. The molecule has 1 unspecified atom stereocenters. The van der Waals surface area contributed by atoms with Gasteiger partial charge in [-0.05, 0) is 36.7 Å². The van der Waals surface area contributed by atoms with Crippen molar-refractivity contribution in [2.24, 2.45) is 5.73 Å². The number of likely N-dealkylation sites (N-methyl/N-ethyl adjacent to an activating group) is 1. The molecule has 21 heavy (non-hydrogen) atoms. The summed E-state index contributed by atoms with van der Waals surface area (Å²) in [6.07, 6.45) is 4.50. The molecule has 0 saturated carbocycles. The Morgan fingerprint density at radius 2 is 1.86 bits per heavy atom. The van der Waals surface area contributed by atoms with Crippen LogP contribution in [-0.2, 0) is 12.0 Å². The summed E-state index contributed by atoms with van der Waals surface area (Å²) in [5.74, 6) is 0.